The van der Waals surface area contributed by atoms with Gasteiger partial charge in [-0.15, -0.1) is 11.3 Å². The maximum atomic E-state index is 12.1. The van der Waals surface area contributed by atoms with Crippen molar-refractivity contribution in [3.05, 3.63) is 40.2 Å². The number of hydrogen-bond donors (Lipinski definition) is 2. The third-order valence-electron chi connectivity index (χ3n) is 2.22. The van der Waals surface area contributed by atoms with Crippen molar-refractivity contribution in [3.63, 3.8) is 0 Å². The molecule has 1 aromatic heterocycles. The third-order valence-corrected chi connectivity index (χ3v) is 5.30. The maximum absolute atomic E-state index is 12.1. The number of nitrogens with one attached hydrogen (secondary N) is 1. The molecular formula is C11H8ClN3O2S2. The first-order valence-corrected chi connectivity index (χ1v) is 7.68. The van der Waals surface area contributed by atoms with Gasteiger partial charge in [0.15, 0.2) is 0 Å². The molecule has 1 heterocycles. The quantitative estimate of drug-likeness (QED) is 0.851. The molecule has 2 rings (SSSR count). The van der Waals surface area contributed by atoms with Crippen molar-refractivity contribution in [2.45, 2.75) is 4.21 Å². The predicted octanol–water partition coefficient (Wildman–Crippen LogP) is 2.66. The molecule has 0 aliphatic rings. The van der Waals surface area contributed by atoms with Gasteiger partial charge in [-0.05, 0) is 30.3 Å². The van der Waals surface area contributed by atoms with Crippen LogP contribution < -0.4 is 10.5 Å². The molecule has 0 fully saturated rings. The summed E-state index contributed by atoms with van der Waals surface area (Å²) in [7, 11) is -3.76. The van der Waals surface area contributed by atoms with Crippen LogP contribution in [0.5, 0.6) is 0 Å². The van der Waals surface area contributed by atoms with Crippen LogP contribution in [0.25, 0.3) is 0 Å². The van der Waals surface area contributed by atoms with Crippen LogP contribution in [0.1, 0.15) is 4.88 Å². The molecule has 19 heavy (non-hydrogen) atoms. The van der Waals surface area contributed by atoms with E-state index in [1.165, 1.54) is 24.3 Å². The lowest BCUT2D eigenvalue weighted by Crippen LogP contribution is -2.12. The molecular weight excluding hydrogens is 306 g/mol. The van der Waals surface area contributed by atoms with Crippen molar-refractivity contribution in [1.82, 2.24) is 0 Å². The highest BCUT2D eigenvalue weighted by molar-refractivity contribution is 7.94. The highest BCUT2D eigenvalue weighted by atomic mass is 35.5. The van der Waals surface area contributed by atoms with Crippen molar-refractivity contribution in [2.24, 2.45) is 0 Å². The Labute approximate surface area is 119 Å². The van der Waals surface area contributed by atoms with E-state index in [9.17, 15) is 8.42 Å². The Morgan fingerprint density at radius 1 is 1.32 bits per heavy atom. The van der Waals surface area contributed by atoms with Crippen molar-refractivity contribution >= 4 is 44.3 Å². The van der Waals surface area contributed by atoms with Gasteiger partial charge in [0, 0.05) is 5.02 Å². The first kappa shape index (κ1) is 13.7. The summed E-state index contributed by atoms with van der Waals surface area (Å²) in [6.07, 6.45) is 0. The Bertz CT molecular complexity index is 762. The maximum Gasteiger partial charge on any atom is 0.271 e. The number of rotatable bonds is 3. The zero-order valence-corrected chi connectivity index (χ0v) is 11.8. The van der Waals surface area contributed by atoms with Crippen molar-refractivity contribution in [1.29, 1.82) is 5.26 Å². The van der Waals surface area contributed by atoms with Crippen LogP contribution in [-0.4, -0.2) is 8.42 Å². The van der Waals surface area contributed by atoms with Crippen molar-refractivity contribution in [2.75, 3.05) is 10.5 Å². The predicted molar refractivity (Wildman–Crippen MR) is 75.7 cm³/mol. The Hall–Kier alpha value is -1.75. The van der Waals surface area contributed by atoms with Gasteiger partial charge in [0.25, 0.3) is 10.0 Å². The van der Waals surface area contributed by atoms with E-state index in [2.05, 4.69) is 4.72 Å². The minimum atomic E-state index is -3.76. The van der Waals surface area contributed by atoms with Crippen LogP contribution in [-0.2, 0) is 10.0 Å². The van der Waals surface area contributed by atoms with Crippen molar-refractivity contribution in [3.8, 4) is 6.07 Å². The van der Waals surface area contributed by atoms with E-state index < -0.39 is 10.0 Å². The Balaban J connectivity index is 2.36. The molecule has 1 aromatic carbocycles. The summed E-state index contributed by atoms with van der Waals surface area (Å²) < 4.78 is 26.6. The van der Waals surface area contributed by atoms with Gasteiger partial charge in [0.2, 0.25) is 0 Å². The second-order valence-electron chi connectivity index (χ2n) is 3.57. The molecule has 5 nitrogen and oxygen atoms in total. The van der Waals surface area contributed by atoms with Gasteiger partial charge in [-0.2, -0.15) is 5.26 Å². The zero-order chi connectivity index (χ0) is 14.0. The van der Waals surface area contributed by atoms with E-state index in [1.54, 1.807) is 6.07 Å². The average Bonchev–Trinajstić information content (AvgIpc) is 2.83. The Morgan fingerprint density at radius 2 is 2.05 bits per heavy atom. The Kier molecular flexibility index (Phi) is 3.66. The fourth-order valence-corrected chi connectivity index (χ4v) is 3.69. The normalized spacial score (nSPS) is 10.9. The van der Waals surface area contributed by atoms with Crippen LogP contribution in [0, 0.1) is 11.3 Å². The van der Waals surface area contributed by atoms with E-state index >= 15 is 0 Å². The second-order valence-corrected chi connectivity index (χ2v) is 7.00. The van der Waals surface area contributed by atoms with E-state index in [1.807, 2.05) is 6.07 Å². The summed E-state index contributed by atoms with van der Waals surface area (Å²) in [5, 5.41) is 9.07. The lowest BCUT2D eigenvalue weighted by atomic mass is 10.3. The van der Waals surface area contributed by atoms with Crippen molar-refractivity contribution < 1.29 is 8.42 Å². The van der Waals surface area contributed by atoms with Crippen LogP contribution in [0.3, 0.4) is 0 Å². The fraction of sp³-hybridized carbons (Fsp3) is 0. The molecule has 0 unspecified atom stereocenters. The lowest BCUT2D eigenvalue weighted by molar-refractivity contribution is 0.603. The fourth-order valence-electron chi connectivity index (χ4n) is 1.34. The molecule has 98 valence electrons. The van der Waals surface area contributed by atoms with E-state index in [0.717, 1.165) is 11.3 Å². The van der Waals surface area contributed by atoms with E-state index in [-0.39, 0.29) is 15.6 Å². The highest BCUT2D eigenvalue weighted by Crippen LogP contribution is 2.28. The molecule has 0 amide bonds. The van der Waals surface area contributed by atoms with Gasteiger partial charge < -0.3 is 5.73 Å². The Morgan fingerprint density at radius 3 is 2.68 bits per heavy atom. The van der Waals surface area contributed by atoms with Crippen LogP contribution >= 0.6 is 22.9 Å². The first-order chi connectivity index (χ1) is 8.92. The van der Waals surface area contributed by atoms with Gasteiger partial charge in [-0.1, -0.05) is 11.6 Å². The summed E-state index contributed by atoms with van der Waals surface area (Å²) in [5.41, 5.74) is 6.15. The highest BCUT2D eigenvalue weighted by Gasteiger charge is 2.18. The SMILES string of the molecule is N#Cc1ccc(S(=O)(=O)Nc2cc(Cl)ccc2N)s1. The molecule has 3 N–H and O–H groups in total. The van der Waals surface area contributed by atoms with Gasteiger partial charge in [-0.25, -0.2) is 8.42 Å². The molecule has 8 heteroatoms. The average molecular weight is 314 g/mol. The summed E-state index contributed by atoms with van der Waals surface area (Å²) in [6.45, 7) is 0. The minimum absolute atomic E-state index is 0.0448. The minimum Gasteiger partial charge on any atom is -0.397 e. The van der Waals surface area contributed by atoms with Crippen LogP contribution in [0.4, 0.5) is 11.4 Å². The number of anilines is 2. The first-order valence-electron chi connectivity index (χ1n) is 5.00. The molecule has 0 atom stereocenters. The summed E-state index contributed by atoms with van der Waals surface area (Å²) in [5.74, 6) is 0. The third kappa shape index (κ3) is 2.98. The summed E-state index contributed by atoms with van der Waals surface area (Å²) in [6, 6.07) is 9.19. The number of nitrogen functional groups attached to an aromatic ring is 1. The topological polar surface area (TPSA) is 96.0 Å². The second kappa shape index (κ2) is 5.09. The molecule has 0 aliphatic carbocycles. The largest absolute Gasteiger partial charge is 0.397 e. The summed E-state index contributed by atoms with van der Waals surface area (Å²) >= 11 is 6.67. The molecule has 0 saturated heterocycles. The number of sulfonamides is 1. The zero-order valence-electron chi connectivity index (χ0n) is 9.42. The number of nitriles is 1. The van der Waals surface area contributed by atoms with Gasteiger partial charge >= 0.3 is 0 Å². The van der Waals surface area contributed by atoms with E-state index in [4.69, 9.17) is 22.6 Å². The number of thiophene rings is 1. The summed E-state index contributed by atoms with van der Waals surface area (Å²) in [4.78, 5) is 0.319. The molecule has 0 aliphatic heterocycles. The monoisotopic (exact) mass is 313 g/mol. The number of nitrogens with two attached hydrogens (primary N) is 1. The number of halogens is 1. The van der Waals surface area contributed by atoms with Crippen LogP contribution in [0.15, 0.2) is 34.5 Å². The number of nitrogens with zero attached hydrogens (tertiary/aromatic N) is 1. The molecule has 0 saturated carbocycles. The smallest absolute Gasteiger partial charge is 0.271 e. The standard InChI is InChI=1S/C11H8ClN3O2S2/c12-7-1-3-9(14)10(5-7)15-19(16,17)11-4-2-8(6-13)18-11/h1-5,15H,14H2. The number of benzene rings is 1. The van der Waals surface area contributed by atoms with Gasteiger partial charge in [0.1, 0.15) is 15.2 Å². The molecule has 2 aromatic rings. The van der Waals surface area contributed by atoms with E-state index in [0.29, 0.717) is 9.90 Å². The lowest BCUT2D eigenvalue weighted by Gasteiger charge is -2.09. The molecule has 0 bridgehead atoms. The van der Waals surface area contributed by atoms with Gasteiger partial charge in [0.05, 0.1) is 11.4 Å². The molecule has 0 spiro atoms. The van der Waals surface area contributed by atoms with Crippen LogP contribution in [0.2, 0.25) is 5.02 Å². The molecule has 0 radical (unpaired) electrons. The number of hydrogen-bond acceptors (Lipinski definition) is 5. The van der Waals surface area contributed by atoms with Gasteiger partial charge in [-0.3, -0.25) is 4.72 Å².